The Morgan fingerprint density at radius 2 is 2.10 bits per heavy atom. The third-order valence-corrected chi connectivity index (χ3v) is 4.07. The number of aliphatic hydroxyl groups excluding tert-OH is 1. The van der Waals surface area contributed by atoms with Crippen molar-refractivity contribution in [3.63, 3.8) is 0 Å². The molecule has 2 N–H and O–H groups in total. The summed E-state index contributed by atoms with van der Waals surface area (Å²) >= 11 is 13.1. The van der Waals surface area contributed by atoms with Crippen molar-refractivity contribution in [1.82, 2.24) is 0 Å². The normalized spacial score (nSPS) is 12.2. The molecule has 106 valence electrons. The number of rotatable bonds is 5. The summed E-state index contributed by atoms with van der Waals surface area (Å²) in [6.07, 6.45) is -0.754. The van der Waals surface area contributed by atoms with Gasteiger partial charge < -0.3 is 10.4 Å². The molecule has 0 aliphatic rings. The SMILES string of the molecule is O=[N+]([O-])c1cc(Cl)c(Cl)cc1NCC(O)c1ccsc1. The highest BCUT2D eigenvalue weighted by Gasteiger charge is 2.18. The predicted octanol–water partition coefficient (Wildman–Crippen LogP) is 4.11. The number of hydrogen-bond donors (Lipinski definition) is 2. The Labute approximate surface area is 128 Å². The molecule has 1 atom stereocenters. The van der Waals surface area contributed by atoms with Crippen molar-refractivity contribution in [2.45, 2.75) is 6.10 Å². The number of aliphatic hydroxyl groups is 1. The fraction of sp³-hybridized carbons (Fsp3) is 0.167. The molecule has 8 heteroatoms. The van der Waals surface area contributed by atoms with Crippen LogP contribution in [-0.4, -0.2) is 16.6 Å². The molecular formula is C12H10Cl2N2O3S. The van der Waals surface area contributed by atoms with Crippen LogP contribution in [0.1, 0.15) is 11.7 Å². The van der Waals surface area contributed by atoms with Gasteiger partial charge in [0.05, 0.1) is 21.1 Å². The summed E-state index contributed by atoms with van der Waals surface area (Å²) in [7, 11) is 0. The molecular weight excluding hydrogens is 323 g/mol. The van der Waals surface area contributed by atoms with Crippen LogP contribution in [0.5, 0.6) is 0 Å². The highest BCUT2D eigenvalue weighted by Crippen LogP contribution is 2.34. The first-order chi connectivity index (χ1) is 9.49. The van der Waals surface area contributed by atoms with Gasteiger partial charge >= 0.3 is 0 Å². The molecule has 0 amide bonds. The Balaban J connectivity index is 2.16. The minimum Gasteiger partial charge on any atom is -0.387 e. The van der Waals surface area contributed by atoms with E-state index in [1.165, 1.54) is 23.5 Å². The average Bonchev–Trinajstić information content (AvgIpc) is 2.93. The van der Waals surface area contributed by atoms with E-state index >= 15 is 0 Å². The Morgan fingerprint density at radius 1 is 1.40 bits per heavy atom. The number of halogens is 2. The van der Waals surface area contributed by atoms with Gasteiger partial charge in [-0.15, -0.1) is 0 Å². The summed E-state index contributed by atoms with van der Waals surface area (Å²) in [5.74, 6) is 0. The van der Waals surface area contributed by atoms with Crippen molar-refractivity contribution in [2.75, 3.05) is 11.9 Å². The molecule has 0 aliphatic heterocycles. The molecule has 0 bridgehead atoms. The van der Waals surface area contributed by atoms with Crippen LogP contribution in [0.3, 0.4) is 0 Å². The minimum absolute atomic E-state index is 0.113. The summed E-state index contributed by atoms with van der Waals surface area (Å²) in [5.41, 5.74) is 0.792. The van der Waals surface area contributed by atoms with Crippen molar-refractivity contribution in [3.8, 4) is 0 Å². The molecule has 1 unspecified atom stereocenters. The first kappa shape index (κ1) is 15.1. The summed E-state index contributed by atoms with van der Waals surface area (Å²) < 4.78 is 0. The number of nitro groups is 1. The Morgan fingerprint density at radius 3 is 2.70 bits per heavy atom. The molecule has 0 saturated carbocycles. The van der Waals surface area contributed by atoms with E-state index in [0.717, 1.165) is 5.56 Å². The zero-order valence-electron chi connectivity index (χ0n) is 10.0. The van der Waals surface area contributed by atoms with Crippen LogP contribution in [0.25, 0.3) is 0 Å². The van der Waals surface area contributed by atoms with E-state index < -0.39 is 11.0 Å². The van der Waals surface area contributed by atoms with Gasteiger partial charge in [0, 0.05) is 12.6 Å². The Hall–Kier alpha value is -1.34. The lowest BCUT2D eigenvalue weighted by Crippen LogP contribution is -2.12. The molecule has 0 radical (unpaired) electrons. The summed E-state index contributed by atoms with van der Waals surface area (Å²) in [5, 5.41) is 27.7. The molecule has 0 aliphatic carbocycles. The Kier molecular flexibility index (Phi) is 4.82. The predicted molar refractivity (Wildman–Crippen MR) is 80.9 cm³/mol. The second-order valence-electron chi connectivity index (χ2n) is 3.99. The second-order valence-corrected chi connectivity index (χ2v) is 5.59. The van der Waals surface area contributed by atoms with E-state index in [-0.39, 0.29) is 28.0 Å². The van der Waals surface area contributed by atoms with Gasteiger partial charge in [-0.2, -0.15) is 11.3 Å². The van der Waals surface area contributed by atoms with Crippen molar-refractivity contribution < 1.29 is 10.0 Å². The summed E-state index contributed by atoms with van der Waals surface area (Å²) in [6, 6.07) is 4.35. The largest absolute Gasteiger partial charge is 0.387 e. The molecule has 1 aromatic heterocycles. The van der Waals surface area contributed by atoms with Gasteiger partial charge in [-0.1, -0.05) is 23.2 Å². The summed E-state index contributed by atoms with van der Waals surface area (Å²) in [4.78, 5) is 10.4. The van der Waals surface area contributed by atoms with Gasteiger partial charge in [0.2, 0.25) is 0 Å². The average molecular weight is 333 g/mol. The van der Waals surface area contributed by atoms with Crippen LogP contribution < -0.4 is 5.32 Å². The number of nitrogens with one attached hydrogen (secondary N) is 1. The van der Waals surface area contributed by atoms with E-state index in [1.54, 1.807) is 6.07 Å². The van der Waals surface area contributed by atoms with E-state index in [9.17, 15) is 15.2 Å². The fourth-order valence-corrected chi connectivity index (χ4v) is 2.65. The topological polar surface area (TPSA) is 75.4 Å². The quantitative estimate of drug-likeness (QED) is 0.638. The highest BCUT2D eigenvalue weighted by molar-refractivity contribution is 7.07. The zero-order chi connectivity index (χ0) is 14.7. The minimum atomic E-state index is -0.754. The maximum absolute atomic E-state index is 11.0. The van der Waals surface area contributed by atoms with Gasteiger partial charge in [-0.05, 0) is 28.5 Å². The van der Waals surface area contributed by atoms with Gasteiger partial charge in [-0.25, -0.2) is 0 Å². The van der Waals surface area contributed by atoms with Crippen LogP contribution in [0, 0.1) is 10.1 Å². The molecule has 0 saturated heterocycles. The van der Waals surface area contributed by atoms with Crippen molar-refractivity contribution >= 4 is 45.9 Å². The third kappa shape index (κ3) is 3.40. The fourth-order valence-electron chi connectivity index (χ4n) is 1.62. The molecule has 20 heavy (non-hydrogen) atoms. The number of anilines is 1. The second kappa shape index (κ2) is 6.41. The molecule has 1 heterocycles. The highest BCUT2D eigenvalue weighted by atomic mass is 35.5. The van der Waals surface area contributed by atoms with Crippen LogP contribution in [0.2, 0.25) is 10.0 Å². The first-order valence-electron chi connectivity index (χ1n) is 5.56. The summed E-state index contributed by atoms with van der Waals surface area (Å²) in [6.45, 7) is 0.134. The number of thiophene rings is 1. The van der Waals surface area contributed by atoms with Gasteiger partial charge in [0.25, 0.3) is 5.69 Å². The molecule has 1 aromatic carbocycles. The molecule has 0 fully saturated rings. The van der Waals surface area contributed by atoms with Crippen LogP contribution in [0.4, 0.5) is 11.4 Å². The van der Waals surface area contributed by atoms with Crippen LogP contribution >= 0.6 is 34.5 Å². The zero-order valence-corrected chi connectivity index (χ0v) is 12.4. The first-order valence-corrected chi connectivity index (χ1v) is 7.26. The lowest BCUT2D eigenvalue weighted by atomic mass is 10.2. The standard InChI is InChI=1S/C12H10Cl2N2O3S/c13-8-3-10(11(16(18)19)4-9(8)14)15-5-12(17)7-1-2-20-6-7/h1-4,6,12,15,17H,5H2. The molecule has 5 nitrogen and oxygen atoms in total. The van der Waals surface area contributed by atoms with E-state index in [0.29, 0.717) is 0 Å². The smallest absolute Gasteiger partial charge is 0.293 e. The molecule has 2 aromatic rings. The maximum atomic E-state index is 11.0. The number of nitrogens with zero attached hydrogens (tertiary/aromatic N) is 1. The molecule has 2 rings (SSSR count). The third-order valence-electron chi connectivity index (χ3n) is 2.65. The number of hydrogen-bond acceptors (Lipinski definition) is 5. The van der Waals surface area contributed by atoms with Crippen LogP contribution in [0.15, 0.2) is 29.0 Å². The van der Waals surface area contributed by atoms with Crippen molar-refractivity contribution in [1.29, 1.82) is 0 Å². The van der Waals surface area contributed by atoms with Crippen LogP contribution in [-0.2, 0) is 0 Å². The van der Waals surface area contributed by atoms with Gasteiger partial charge in [0.1, 0.15) is 5.69 Å². The van der Waals surface area contributed by atoms with Crippen molar-refractivity contribution in [3.05, 3.63) is 54.7 Å². The monoisotopic (exact) mass is 332 g/mol. The molecule has 0 spiro atoms. The van der Waals surface area contributed by atoms with E-state index in [2.05, 4.69) is 5.32 Å². The van der Waals surface area contributed by atoms with Gasteiger partial charge in [0.15, 0.2) is 0 Å². The van der Waals surface area contributed by atoms with Gasteiger partial charge in [-0.3, -0.25) is 10.1 Å². The lowest BCUT2D eigenvalue weighted by Gasteiger charge is -2.12. The van der Waals surface area contributed by atoms with Crippen molar-refractivity contribution in [2.24, 2.45) is 0 Å². The van der Waals surface area contributed by atoms with E-state index in [1.807, 2.05) is 10.8 Å². The maximum Gasteiger partial charge on any atom is 0.293 e. The number of nitro benzene ring substituents is 1. The lowest BCUT2D eigenvalue weighted by molar-refractivity contribution is -0.383. The van der Waals surface area contributed by atoms with E-state index in [4.69, 9.17) is 23.2 Å². The number of benzene rings is 1. The Bertz CT molecular complexity index is 619.